The molecule has 1 saturated heterocycles. The molecule has 6 heteroatoms. The number of nitrogens with zero attached hydrogens (tertiary/aromatic N) is 1. The van der Waals surface area contributed by atoms with E-state index < -0.39 is 23.8 Å². The first kappa shape index (κ1) is 13.8. The molecule has 1 amide bonds. The van der Waals surface area contributed by atoms with E-state index in [9.17, 15) is 18.7 Å². The Kier molecular flexibility index (Phi) is 3.47. The highest BCUT2D eigenvalue weighted by Gasteiger charge is 2.36. The summed E-state index contributed by atoms with van der Waals surface area (Å²) in [7, 11) is 0. The van der Waals surface area contributed by atoms with E-state index in [-0.39, 0.29) is 12.5 Å². The van der Waals surface area contributed by atoms with Gasteiger partial charge in [0, 0.05) is 12.7 Å². The first-order chi connectivity index (χ1) is 10.1. The van der Waals surface area contributed by atoms with Crippen molar-refractivity contribution < 1.29 is 18.7 Å². The SMILES string of the molecule is O=C(c1ccc[nH]1)N1C[C@H](O)C[C@H]1c1ccc(F)c(F)c1. The van der Waals surface area contributed by atoms with Crippen LogP contribution in [0.15, 0.2) is 36.5 Å². The average Bonchev–Trinajstić information content (AvgIpc) is 3.10. The minimum absolute atomic E-state index is 0.168. The number of amides is 1. The lowest BCUT2D eigenvalue weighted by atomic mass is 10.0. The summed E-state index contributed by atoms with van der Waals surface area (Å²) in [4.78, 5) is 16.7. The molecule has 110 valence electrons. The normalized spacial score (nSPS) is 21.8. The maximum atomic E-state index is 13.4. The van der Waals surface area contributed by atoms with Crippen LogP contribution in [0.5, 0.6) is 0 Å². The van der Waals surface area contributed by atoms with Gasteiger partial charge in [0.15, 0.2) is 11.6 Å². The number of hydrogen-bond acceptors (Lipinski definition) is 2. The van der Waals surface area contributed by atoms with E-state index in [0.29, 0.717) is 17.7 Å². The lowest BCUT2D eigenvalue weighted by Crippen LogP contribution is -2.32. The number of aromatic nitrogens is 1. The van der Waals surface area contributed by atoms with Crippen molar-refractivity contribution in [1.82, 2.24) is 9.88 Å². The van der Waals surface area contributed by atoms with E-state index in [0.717, 1.165) is 12.1 Å². The number of aliphatic hydroxyl groups excluding tert-OH is 1. The van der Waals surface area contributed by atoms with E-state index >= 15 is 0 Å². The molecule has 0 radical (unpaired) electrons. The van der Waals surface area contributed by atoms with Gasteiger partial charge in [-0.25, -0.2) is 8.78 Å². The van der Waals surface area contributed by atoms with Gasteiger partial charge in [0.05, 0.1) is 12.1 Å². The Morgan fingerprint density at radius 3 is 2.76 bits per heavy atom. The van der Waals surface area contributed by atoms with Crippen LogP contribution in [-0.4, -0.2) is 33.5 Å². The second-order valence-corrected chi connectivity index (χ2v) is 5.12. The van der Waals surface area contributed by atoms with Crippen LogP contribution in [0.1, 0.15) is 28.5 Å². The molecule has 2 atom stereocenters. The zero-order valence-electron chi connectivity index (χ0n) is 11.1. The minimum Gasteiger partial charge on any atom is -0.391 e. The van der Waals surface area contributed by atoms with Crippen molar-refractivity contribution in [3.8, 4) is 0 Å². The van der Waals surface area contributed by atoms with Crippen LogP contribution in [0.3, 0.4) is 0 Å². The van der Waals surface area contributed by atoms with Crippen LogP contribution in [0.2, 0.25) is 0 Å². The maximum Gasteiger partial charge on any atom is 0.270 e. The highest BCUT2D eigenvalue weighted by molar-refractivity contribution is 5.93. The molecule has 1 aromatic heterocycles. The Morgan fingerprint density at radius 1 is 1.29 bits per heavy atom. The number of rotatable bonds is 2. The van der Waals surface area contributed by atoms with Gasteiger partial charge in [-0.3, -0.25) is 4.79 Å². The van der Waals surface area contributed by atoms with Crippen molar-refractivity contribution in [3.05, 3.63) is 59.4 Å². The van der Waals surface area contributed by atoms with Crippen molar-refractivity contribution in [1.29, 1.82) is 0 Å². The van der Waals surface area contributed by atoms with Gasteiger partial charge in [-0.2, -0.15) is 0 Å². The summed E-state index contributed by atoms with van der Waals surface area (Å²) in [5.74, 6) is -2.16. The smallest absolute Gasteiger partial charge is 0.270 e. The second-order valence-electron chi connectivity index (χ2n) is 5.12. The fourth-order valence-corrected chi connectivity index (χ4v) is 2.69. The number of nitrogens with one attached hydrogen (secondary N) is 1. The van der Waals surface area contributed by atoms with Crippen LogP contribution in [0.25, 0.3) is 0 Å². The van der Waals surface area contributed by atoms with E-state index in [2.05, 4.69) is 4.98 Å². The Labute approximate surface area is 120 Å². The summed E-state index contributed by atoms with van der Waals surface area (Å²) in [6.07, 6.45) is 1.26. The number of hydrogen-bond donors (Lipinski definition) is 2. The van der Waals surface area contributed by atoms with E-state index in [1.54, 1.807) is 18.3 Å². The molecule has 3 rings (SSSR count). The summed E-state index contributed by atoms with van der Waals surface area (Å²) in [6, 6.07) is 6.42. The number of β-amino-alcohol motifs (C(OH)–C–C–N with tert-alkyl or cyclic N) is 1. The predicted molar refractivity (Wildman–Crippen MR) is 71.6 cm³/mol. The van der Waals surface area contributed by atoms with Crippen LogP contribution in [-0.2, 0) is 0 Å². The third-order valence-electron chi connectivity index (χ3n) is 3.70. The molecule has 2 heterocycles. The van der Waals surface area contributed by atoms with Crippen molar-refractivity contribution in [2.45, 2.75) is 18.6 Å². The molecule has 0 saturated carbocycles. The van der Waals surface area contributed by atoms with Crippen molar-refractivity contribution in [2.24, 2.45) is 0 Å². The molecule has 4 nitrogen and oxygen atoms in total. The molecule has 1 fully saturated rings. The topological polar surface area (TPSA) is 56.3 Å². The number of halogens is 2. The largest absolute Gasteiger partial charge is 0.391 e. The van der Waals surface area contributed by atoms with Gasteiger partial charge in [-0.1, -0.05) is 6.07 Å². The molecule has 21 heavy (non-hydrogen) atoms. The average molecular weight is 292 g/mol. The van der Waals surface area contributed by atoms with Gasteiger partial charge >= 0.3 is 0 Å². The van der Waals surface area contributed by atoms with E-state index in [1.165, 1.54) is 11.0 Å². The molecule has 0 unspecified atom stereocenters. The van der Waals surface area contributed by atoms with Gasteiger partial charge in [-0.15, -0.1) is 0 Å². The molecule has 0 spiro atoms. The first-order valence-electron chi connectivity index (χ1n) is 6.63. The first-order valence-corrected chi connectivity index (χ1v) is 6.63. The number of H-pyrrole nitrogens is 1. The number of aliphatic hydroxyl groups is 1. The zero-order valence-corrected chi connectivity index (χ0v) is 11.1. The van der Waals surface area contributed by atoms with Gasteiger partial charge < -0.3 is 15.0 Å². The molecule has 0 aliphatic carbocycles. The van der Waals surface area contributed by atoms with E-state index in [1.807, 2.05) is 0 Å². The molecule has 2 aromatic rings. The van der Waals surface area contributed by atoms with Crippen molar-refractivity contribution in [3.63, 3.8) is 0 Å². The number of likely N-dealkylation sites (tertiary alicyclic amines) is 1. The Bertz CT molecular complexity index is 658. The fourth-order valence-electron chi connectivity index (χ4n) is 2.69. The molecular formula is C15H14F2N2O2. The lowest BCUT2D eigenvalue weighted by molar-refractivity contribution is 0.0710. The standard InChI is InChI=1S/C15H14F2N2O2/c16-11-4-3-9(6-12(11)17)14-7-10(20)8-19(14)15(21)13-2-1-5-18-13/h1-6,10,14,18,20H,7-8H2/t10-,14+/m1/s1. The van der Waals surface area contributed by atoms with Gasteiger partial charge in [0.1, 0.15) is 5.69 Å². The monoisotopic (exact) mass is 292 g/mol. The molecule has 2 N–H and O–H groups in total. The molecule has 1 aromatic carbocycles. The molecule has 1 aliphatic heterocycles. The quantitative estimate of drug-likeness (QED) is 0.892. The van der Waals surface area contributed by atoms with Gasteiger partial charge in [0.2, 0.25) is 0 Å². The van der Waals surface area contributed by atoms with Gasteiger partial charge in [-0.05, 0) is 36.2 Å². The second kappa shape index (κ2) is 5.29. The highest BCUT2D eigenvalue weighted by Crippen LogP contribution is 2.33. The minimum atomic E-state index is -0.957. The Balaban J connectivity index is 1.92. The predicted octanol–water partition coefficient (Wildman–Crippen LogP) is 2.24. The molecular weight excluding hydrogens is 278 g/mol. The van der Waals surface area contributed by atoms with Crippen molar-refractivity contribution in [2.75, 3.05) is 6.54 Å². The number of carbonyl (C=O) groups excluding carboxylic acids is 1. The third kappa shape index (κ3) is 2.54. The summed E-state index contributed by atoms with van der Waals surface area (Å²) in [5, 5.41) is 9.83. The fraction of sp³-hybridized carbons (Fsp3) is 0.267. The molecule has 0 bridgehead atoms. The maximum absolute atomic E-state index is 13.4. The highest BCUT2D eigenvalue weighted by atomic mass is 19.2. The van der Waals surface area contributed by atoms with E-state index in [4.69, 9.17) is 0 Å². The Morgan fingerprint density at radius 2 is 2.10 bits per heavy atom. The summed E-state index contributed by atoms with van der Waals surface area (Å²) in [5.41, 5.74) is 0.877. The van der Waals surface area contributed by atoms with Crippen LogP contribution < -0.4 is 0 Å². The lowest BCUT2D eigenvalue weighted by Gasteiger charge is -2.24. The third-order valence-corrected chi connectivity index (χ3v) is 3.70. The van der Waals surface area contributed by atoms with Crippen molar-refractivity contribution >= 4 is 5.91 Å². The summed E-state index contributed by atoms with van der Waals surface area (Å²) < 4.78 is 26.4. The number of benzene rings is 1. The Hall–Kier alpha value is -2.21. The summed E-state index contributed by atoms with van der Waals surface area (Å²) >= 11 is 0. The molecule has 1 aliphatic rings. The van der Waals surface area contributed by atoms with Gasteiger partial charge in [0.25, 0.3) is 5.91 Å². The van der Waals surface area contributed by atoms with Crippen LogP contribution in [0, 0.1) is 11.6 Å². The zero-order chi connectivity index (χ0) is 15.0. The van der Waals surface area contributed by atoms with Crippen LogP contribution in [0.4, 0.5) is 8.78 Å². The number of carbonyl (C=O) groups is 1. The van der Waals surface area contributed by atoms with Crippen LogP contribution >= 0.6 is 0 Å². The number of aromatic amines is 1. The summed E-state index contributed by atoms with van der Waals surface area (Å²) in [6.45, 7) is 0.168.